The summed E-state index contributed by atoms with van der Waals surface area (Å²) in [6, 6.07) is 13.4. The number of rotatable bonds is 2. The number of hydrogen-bond acceptors (Lipinski definition) is 3. The van der Waals surface area contributed by atoms with Crippen LogP contribution in [-0.2, 0) is 0 Å². The van der Waals surface area contributed by atoms with Crippen molar-refractivity contribution in [1.82, 2.24) is 15.0 Å². The molecular formula is C18H18N4. The first-order valence-electron chi connectivity index (χ1n) is 7.25. The number of nitriles is 1. The molecule has 0 unspecified atom stereocenters. The Labute approximate surface area is 130 Å². The third kappa shape index (κ3) is 3.21. The fraction of sp³-hybridized carbons (Fsp3) is 0.167. The number of nitrogens with zero attached hydrogens (tertiary/aromatic N) is 3. The van der Waals surface area contributed by atoms with Crippen molar-refractivity contribution in [2.75, 3.05) is 0 Å². The first kappa shape index (κ1) is 15.5. The molecule has 0 spiro atoms. The average Bonchev–Trinajstić information content (AvgIpc) is 2.99. The van der Waals surface area contributed by atoms with Crippen molar-refractivity contribution in [3.63, 3.8) is 0 Å². The van der Waals surface area contributed by atoms with Gasteiger partial charge < -0.3 is 4.98 Å². The number of nitrogens with one attached hydrogen (secondary N) is 1. The minimum atomic E-state index is 0.625. The Kier molecular flexibility index (Phi) is 5.05. The molecule has 110 valence electrons. The molecule has 1 aromatic carbocycles. The molecule has 3 rings (SSSR count). The summed E-state index contributed by atoms with van der Waals surface area (Å²) in [5.74, 6) is 0.762. The van der Waals surface area contributed by atoms with E-state index in [1.54, 1.807) is 18.5 Å². The first-order chi connectivity index (χ1) is 10.8. The van der Waals surface area contributed by atoms with Crippen molar-refractivity contribution < 1.29 is 0 Å². The molecule has 0 aliphatic heterocycles. The van der Waals surface area contributed by atoms with E-state index in [1.165, 1.54) is 0 Å². The Bertz CT molecular complexity index is 782. The number of aromatic nitrogens is 3. The highest BCUT2D eigenvalue weighted by atomic mass is 14.9. The number of benzene rings is 1. The lowest BCUT2D eigenvalue weighted by Crippen LogP contribution is -1.83. The second-order valence-electron chi connectivity index (χ2n) is 4.49. The van der Waals surface area contributed by atoms with E-state index in [0.29, 0.717) is 5.56 Å². The van der Waals surface area contributed by atoms with Gasteiger partial charge in [0.05, 0.1) is 17.3 Å². The van der Waals surface area contributed by atoms with Crippen LogP contribution in [0.15, 0.2) is 48.8 Å². The van der Waals surface area contributed by atoms with Gasteiger partial charge in [-0.3, -0.25) is 4.98 Å². The minimum absolute atomic E-state index is 0.625. The van der Waals surface area contributed by atoms with Gasteiger partial charge in [0.1, 0.15) is 5.82 Å². The number of H-pyrrole nitrogens is 1. The standard InChI is InChI=1S/C16H12N4.C2H6/c1-11-15(14-6-3-7-18-10-14)20-16(19-11)13-5-2-4-12(8-13)9-17;1-2/h2-8,10H,1H3,(H,19,20);1-2H3. The van der Waals surface area contributed by atoms with Crippen LogP contribution in [0.4, 0.5) is 0 Å². The molecule has 0 bridgehead atoms. The van der Waals surface area contributed by atoms with Gasteiger partial charge in [-0.15, -0.1) is 0 Å². The predicted molar refractivity (Wildman–Crippen MR) is 88.1 cm³/mol. The average molecular weight is 290 g/mol. The van der Waals surface area contributed by atoms with Gasteiger partial charge in [0.15, 0.2) is 0 Å². The maximum absolute atomic E-state index is 8.96. The van der Waals surface area contributed by atoms with Gasteiger partial charge in [0, 0.05) is 29.2 Å². The smallest absolute Gasteiger partial charge is 0.138 e. The van der Waals surface area contributed by atoms with E-state index in [2.05, 4.69) is 21.0 Å². The molecule has 0 amide bonds. The van der Waals surface area contributed by atoms with Gasteiger partial charge in [-0.2, -0.15) is 5.26 Å². The molecular weight excluding hydrogens is 272 g/mol. The summed E-state index contributed by atoms with van der Waals surface area (Å²) < 4.78 is 0. The SMILES string of the molecule is CC.Cc1[nH]c(-c2cccc(C#N)c2)nc1-c1cccnc1. The Morgan fingerprint density at radius 1 is 1.09 bits per heavy atom. The lowest BCUT2D eigenvalue weighted by molar-refractivity contribution is 1.25. The van der Waals surface area contributed by atoms with E-state index < -0.39 is 0 Å². The second-order valence-corrected chi connectivity index (χ2v) is 4.49. The molecule has 22 heavy (non-hydrogen) atoms. The van der Waals surface area contributed by atoms with Crippen molar-refractivity contribution in [2.24, 2.45) is 0 Å². The number of aryl methyl sites for hydroxylation is 1. The molecule has 0 atom stereocenters. The maximum Gasteiger partial charge on any atom is 0.138 e. The van der Waals surface area contributed by atoms with Gasteiger partial charge >= 0.3 is 0 Å². The summed E-state index contributed by atoms with van der Waals surface area (Å²) in [5.41, 5.74) is 4.37. The highest BCUT2D eigenvalue weighted by molar-refractivity contribution is 5.67. The molecule has 0 fully saturated rings. The van der Waals surface area contributed by atoms with Crippen molar-refractivity contribution in [1.29, 1.82) is 5.26 Å². The van der Waals surface area contributed by atoms with Crippen molar-refractivity contribution >= 4 is 0 Å². The quantitative estimate of drug-likeness (QED) is 0.763. The van der Waals surface area contributed by atoms with Crippen LogP contribution in [0.3, 0.4) is 0 Å². The summed E-state index contributed by atoms with van der Waals surface area (Å²) in [7, 11) is 0. The fourth-order valence-electron chi connectivity index (χ4n) is 2.12. The highest BCUT2D eigenvalue weighted by Gasteiger charge is 2.10. The van der Waals surface area contributed by atoms with E-state index in [9.17, 15) is 0 Å². The number of pyridine rings is 1. The van der Waals surface area contributed by atoms with Crippen molar-refractivity contribution in [3.05, 3.63) is 60.0 Å². The van der Waals surface area contributed by atoms with Crippen molar-refractivity contribution in [3.8, 4) is 28.7 Å². The molecule has 0 aliphatic rings. The van der Waals surface area contributed by atoms with Crippen molar-refractivity contribution in [2.45, 2.75) is 20.8 Å². The molecule has 2 heterocycles. The van der Waals surface area contributed by atoms with Crippen LogP contribution >= 0.6 is 0 Å². The van der Waals surface area contributed by atoms with Crippen LogP contribution in [0.1, 0.15) is 25.1 Å². The molecule has 0 saturated carbocycles. The normalized spacial score (nSPS) is 9.55. The predicted octanol–water partition coefficient (Wildman–Crippen LogP) is 4.35. The van der Waals surface area contributed by atoms with Crippen LogP contribution in [0.5, 0.6) is 0 Å². The van der Waals surface area contributed by atoms with Gasteiger partial charge in [0.25, 0.3) is 0 Å². The Balaban J connectivity index is 0.000000847. The molecule has 2 aromatic heterocycles. The zero-order chi connectivity index (χ0) is 15.9. The molecule has 0 saturated heterocycles. The summed E-state index contributed by atoms with van der Waals surface area (Å²) in [5, 5.41) is 8.96. The largest absolute Gasteiger partial charge is 0.342 e. The molecule has 4 nitrogen and oxygen atoms in total. The Morgan fingerprint density at radius 3 is 2.55 bits per heavy atom. The van der Waals surface area contributed by atoms with Gasteiger partial charge in [-0.1, -0.05) is 26.0 Å². The molecule has 0 radical (unpaired) electrons. The third-order valence-electron chi connectivity index (χ3n) is 3.08. The molecule has 3 aromatic rings. The van der Waals surface area contributed by atoms with E-state index in [0.717, 1.165) is 28.3 Å². The van der Waals surface area contributed by atoms with Gasteiger partial charge in [0.2, 0.25) is 0 Å². The van der Waals surface area contributed by atoms with Crippen LogP contribution < -0.4 is 0 Å². The highest BCUT2D eigenvalue weighted by Crippen LogP contribution is 2.25. The molecule has 0 aliphatic carbocycles. The van der Waals surface area contributed by atoms with Gasteiger partial charge in [-0.25, -0.2) is 4.98 Å². The van der Waals surface area contributed by atoms with Crippen LogP contribution in [0.25, 0.3) is 22.6 Å². The maximum atomic E-state index is 8.96. The zero-order valence-corrected chi connectivity index (χ0v) is 13.0. The fourth-order valence-corrected chi connectivity index (χ4v) is 2.12. The number of imidazole rings is 1. The lowest BCUT2D eigenvalue weighted by Gasteiger charge is -1.97. The molecule has 4 heteroatoms. The second kappa shape index (κ2) is 7.19. The van der Waals surface area contributed by atoms with Crippen LogP contribution in [0, 0.1) is 18.3 Å². The summed E-state index contributed by atoms with van der Waals surface area (Å²) >= 11 is 0. The molecule has 1 N–H and O–H groups in total. The Morgan fingerprint density at radius 2 is 1.86 bits per heavy atom. The van der Waals surface area contributed by atoms with E-state index in [1.807, 2.05) is 51.1 Å². The van der Waals surface area contributed by atoms with Crippen LogP contribution in [-0.4, -0.2) is 15.0 Å². The summed E-state index contributed by atoms with van der Waals surface area (Å²) in [6.45, 7) is 5.98. The van der Waals surface area contributed by atoms with E-state index in [4.69, 9.17) is 5.26 Å². The van der Waals surface area contributed by atoms with Gasteiger partial charge in [-0.05, 0) is 31.2 Å². The van der Waals surface area contributed by atoms with Crippen LogP contribution in [0.2, 0.25) is 0 Å². The van der Waals surface area contributed by atoms with E-state index in [-0.39, 0.29) is 0 Å². The zero-order valence-electron chi connectivity index (χ0n) is 13.0. The summed E-state index contributed by atoms with van der Waals surface area (Å²) in [4.78, 5) is 12.0. The first-order valence-corrected chi connectivity index (χ1v) is 7.25. The lowest BCUT2D eigenvalue weighted by atomic mass is 10.1. The van der Waals surface area contributed by atoms with E-state index >= 15 is 0 Å². The monoisotopic (exact) mass is 290 g/mol. The third-order valence-corrected chi connectivity index (χ3v) is 3.08. The number of hydrogen-bond donors (Lipinski definition) is 1. The summed E-state index contributed by atoms with van der Waals surface area (Å²) in [6.07, 6.45) is 3.53. The Hall–Kier alpha value is -2.93. The topological polar surface area (TPSA) is 65.4 Å². The minimum Gasteiger partial charge on any atom is -0.342 e. The number of aromatic amines is 1.